The van der Waals surface area contributed by atoms with Crippen LogP contribution in [0.2, 0.25) is 0 Å². The lowest BCUT2D eigenvalue weighted by Crippen LogP contribution is -2.36. The van der Waals surface area contributed by atoms with Crippen LogP contribution < -0.4 is 16.4 Å². The first-order chi connectivity index (χ1) is 19.2. The Hall–Kier alpha value is -3.58. The predicted molar refractivity (Wildman–Crippen MR) is 153 cm³/mol. The fourth-order valence-corrected chi connectivity index (χ4v) is 7.95. The smallest absolute Gasteiger partial charge is 0.319 e. The number of nitrogens with two attached hydrogens (primary N) is 1. The van der Waals surface area contributed by atoms with E-state index in [1.165, 1.54) is 39.9 Å². The van der Waals surface area contributed by atoms with Gasteiger partial charge in [-0.15, -0.1) is 11.3 Å². The van der Waals surface area contributed by atoms with Gasteiger partial charge in [-0.25, -0.2) is 13.2 Å². The van der Waals surface area contributed by atoms with Crippen molar-refractivity contribution in [2.45, 2.75) is 44.2 Å². The largest absolute Gasteiger partial charge is 0.351 e. The molecule has 0 bridgehead atoms. The molecule has 1 aromatic heterocycles. The Kier molecular flexibility index (Phi) is 8.04. The van der Waals surface area contributed by atoms with Crippen molar-refractivity contribution in [1.29, 1.82) is 0 Å². The van der Waals surface area contributed by atoms with Crippen molar-refractivity contribution in [2.24, 2.45) is 5.73 Å². The predicted octanol–water partition coefficient (Wildman–Crippen LogP) is 3.32. The number of amides is 4. The molecule has 0 fully saturated rings. The monoisotopic (exact) mass is 581 g/mol. The number of thiophene rings is 1. The number of primary amides is 1. The Balaban J connectivity index is 1.35. The van der Waals surface area contributed by atoms with Crippen LogP contribution in [0, 0.1) is 0 Å². The van der Waals surface area contributed by atoms with Gasteiger partial charge in [0.25, 0.3) is 11.8 Å². The second-order valence-corrected chi connectivity index (χ2v) is 12.9. The summed E-state index contributed by atoms with van der Waals surface area (Å²) in [6.07, 6.45) is 2.25. The zero-order valence-corrected chi connectivity index (χ0v) is 23.7. The van der Waals surface area contributed by atoms with Crippen LogP contribution in [-0.2, 0) is 36.0 Å². The summed E-state index contributed by atoms with van der Waals surface area (Å²) in [4.78, 5) is 40.8. The van der Waals surface area contributed by atoms with Crippen LogP contribution in [0.5, 0.6) is 0 Å². The molecule has 40 heavy (non-hydrogen) atoms. The third-order valence-electron chi connectivity index (χ3n) is 7.22. The highest BCUT2D eigenvalue weighted by Crippen LogP contribution is 2.37. The molecule has 0 spiro atoms. The highest BCUT2D eigenvalue weighted by Gasteiger charge is 2.30. The summed E-state index contributed by atoms with van der Waals surface area (Å²) in [5.41, 5.74) is 8.61. The number of nitrogens with one attached hydrogen (secondary N) is 2. The van der Waals surface area contributed by atoms with E-state index in [2.05, 4.69) is 22.5 Å². The van der Waals surface area contributed by atoms with Gasteiger partial charge in [-0.2, -0.15) is 4.31 Å². The molecular formula is C28H31N5O5S2. The fourth-order valence-electron chi connectivity index (χ4n) is 5.24. The number of urea groups is 1. The maximum absolute atomic E-state index is 13.3. The summed E-state index contributed by atoms with van der Waals surface area (Å²) in [5.74, 6) is -1.15. The number of carbonyl (C=O) groups excluding carboxylic acids is 3. The van der Waals surface area contributed by atoms with Gasteiger partial charge in [0.05, 0.1) is 10.5 Å². The summed E-state index contributed by atoms with van der Waals surface area (Å²) in [6.45, 7) is 5.12. The first-order valence-corrected chi connectivity index (χ1v) is 15.4. The van der Waals surface area contributed by atoms with Crippen molar-refractivity contribution in [3.8, 4) is 0 Å². The molecule has 5 rings (SSSR count). The molecule has 4 N–H and O–H groups in total. The van der Waals surface area contributed by atoms with Crippen molar-refractivity contribution in [1.82, 2.24) is 14.5 Å². The Morgan fingerprint density at radius 3 is 2.38 bits per heavy atom. The van der Waals surface area contributed by atoms with Gasteiger partial charge in [0.1, 0.15) is 5.00 Å². The Morgan fingerprint density at radius 1 is 0.950 bits per heavy atom. The molecule has 0 radical (unpaired) electrons. The zero-order chi connectivity index (χ0) is 28.4. The topological polar surface area (TPSA) is 142 Å². The highest BCUT2D eigenvalue weighted by molar-refractivity contribution is 7.89. The molecule has 210 valence electrons. The van der Waals surface area contributed by atoms with E-state index in [0.717, 1.165) is 41.1 Å². The van der Waals surface area contributed by atoms with Crippen LogP contribution in [0.15, 0.2) is 53.4 Å². The first-order valence-electron chi connectivity index (χ1n) is 13.1. The lowest BCUT2D eigenvalue weighted by molar-refractivity contribution is 0.0965. The average Bonchev–Trinajstić information content (AvgIpc) is 3.29. The molecule has 0 aliphatic carbocycles. The minimum Gasteiger partial charge on any atom is -0.351 e. The number of hydrogen-bond acceptors (Lipinski definition) is 7. The summed E-state index contributed by atoms with van der Waals surface area (Å²) >= 11 is 1.30. The highest BCUT2D eigenvalue weighted by atomic mass is 32.2. The average molecular weight is 582 g/mol. The summed E-state index contributed by atoms with van der Waals surface area (Å²) < 4.78 is 28.1. The maximum atomic E-state index is 13.3. The number of sulfonamides is 1. The molecule has 0 unspecified atom stereocenters. The molecule has 0 saturated carbocycles. The number of fused-ring (bicyclic) bond motifs is 2. The first kappa shape index (κ1) is 28.0. The third kappa shape index (κ3) is 5.66. The van der Waals surface area contributed by atoms with Crippen LogP contribution in [0.1, 0.15) is 55.6 Å². The standard InChI is InChI=1S/C28H31N5O5S2/c1-2-13-32-14-12-22-23(17-32)39-27(24(22)26(35)31-28(29)36)30-25(34)19-7-9-21(10-8-19)40(37,38)33-15-11-18-5-3-4-6-20(18)16-33/h3-10H,2,11-17H2,1H3,(H,30,34)(H3,29,31,35,36). The van der Waals surface area contributed by atoms with Crippen LogP contribution in [0.4, 0.5) is 9.80 Å². The second kappa shape index (κ2) is 11.5. The third-order valence-corrected chi connectivity index (χ3v) is 10.2. The van der Waals surface area contributed by atoms with Crippen molar-refractivity contribution in [3.05, 3.63) is 81.2 Å². The molecule has 3 heterocycles. The molecule has 2 aliphatic heterocycles. The number of carbonyl (C=O) groups is 3. The summed E-state index contributed by atoms with van der Waals surface area (Å²) in [6, 6.07) is 12.6. The van der Waals surface area contributed by atoms with Crippen LogP contribution in [-0.4, -0.2) is 55.1 Å². The number of benzene rings is 2. The van der Waals surface area contributed by atoms with E-state index in [9.17, 15) is 22.8 Å². The molecular weight excluding hydrogens is 550 g/mol. The molecule has 2 aliphatic rings. The minimum atomic E-state index is -3.75. The quantitative estimate of drug-likeness (QED) is 0.391. The normalized spacial score (nSPS) is 15.6. The zero-order valence-electron chi connectivity index (χ0n) is 22.1. The SMILES string of the molecule is CCCN1CCc2c(sc(NC(=O)c3ccc(S(=O)(=O)N4CCc5ccccc5C4)cc3)c2C(=O)NC(N)=O)C1. The van der Waals surface area contributed by atoms with Crippen LogP contribution in [0.25, 0.3) is 0 Å². The van der Waals surface area contributed by atoms with Crippen LogP contribution >= 0.6 is 11.3 Å². The molecule has 3 aromatic rings. The van der Waals surface area contributed by atoms with E-state index >= 15 is 0 Å². The summed E-state index contributed by atoms with van der Waals surface area (Å²) in [7, 11) is -3.75. The molecule has 10 nitrogen and oxygen atoms in total. The number of imide groups is 1. The van der Waals surface area contributed by atoms with E-state index in [1.54, 1.807) is 0 Å². The van der Waals surface area contributed by atoms with E-state index in [1.807, 2.05) is 24.3 Å². The van der Waals surface area contributed by atoms with Gasteiger partial charge in [0.2, 0.25) is 10.0 Å². The van der Waals surface area contributed by atoms with Crippen molar-refractivity contribution < 1.29 is 22.8 Å². The summed E-state index contributed by atoms with van der Waals surface area (Å²) in [5, 5.41) is 5.25. The van der Waals surface area contributed by atoms with E-state index < -0.39 is 27.9 Å². The van der Waals surface area contributed by atoms with Gasteiger partial charge in [-0.05, 0) is 66.8 Å². The molecule has 4 amide bonds. The number of rotatable bonds is 7. The van der Waals surface area contributed by atoms with Crippen molar-refractivity contribution in [3.63, 3.8) is 0 Å². The molecule has 2 aromatic carbocycles. The Labute approximate surface area is 237 Å². The van der Waals surface area contributed by atoms with Gasteiger partial charge >= 0.3 is 6.03 Å². The lowest BCUT2D eigenvalue weighted by Gasteiger charge is -2.28. The van der Waals surface area contributed by atoms with Gasteiger partial charge in [-0.3, -0.25) is 19.8 Å². The Morgan fingerprint density at radius 2 is 1.68 bits per heavy atom. The molecule has 0 atom stereocenters. The second-order valence-electron chi connectivity index (χ2n) is 9.89. The van der Waals surface area contributed by atoms with Gasteiger partial charge in [-0.1, -0.05) is 31.2 Å². The van der Waals surface area contributed by atoms with Crippen molar-refractivity contribution >= 4 is 44.2 Å². The van der Waals surface area contributed by atoms with Gasteiger partial charge in [0, 0.05) is 36.6 Å². The van der Waals surface area contributed by atoms with Gasteiger partial charge in [0.15, 0.2) is 0 Å². The number of hydrogen-bond donors (Lipinski definition) is 3. The number of anilines is 1. The molecule has 0 saturated heterocycles. The fraction of sp³-hybridized carbons (Fsp3) is 0.321. The van der Waals surface area contributed by atoms with Crippen LogP contribution in [0.3, 0.4) is 0 Å². The van der Waals surface area contributed by atoms with E-state index in [4.69, 9.17) is 5.73 Å². The Bertz CT molecular complexity index is 1570. The minimum absolute atomic E-state index is 0.104. The van der Waals surface area contributed by atoms with Gasteiger partial charge < -0.3 is 11.1 Å². The van der Waals surface area contributed by atoms with E-state index in [-0.39, 0.29) is 16.0 Å². The maximum Gasteiger partial charge on any atom is 0.319 e. The lowest BCUT2D eigenvalue weighted by atomic mass is 10.0. The van der Waals surface area contributed by atoms with E-state index in [0.29, 0.717) is 37.5 Å². The van der Waals surface area contributed by atoms with Crippen molar-refractivity contribution in [2.75, 3.05) is 25.0 Å². The molecule has 12 heteroatoms. The number of nitrogens with zero attached hydrogens (tertiary/aromatic N) is 2.